The molecule has 140 valence electrons. The fraction of sp³-hybridized carbons (Fsp3) is 0.556. The fourth-order valence-corrected chi connectivity index (χ4v) is 5.56. The van der Waals surface area contributed by atoms with Gasteiger partial charge >= 0.3 is 6.03 Å². The van der Waals surface area contributed by atoms with Crippen LogP contribution in [0.25, 0.3) is 0 Å². The zero-order chi connectivity index (χ0) is 18.4. The average Bonchev–Trinajstić information content (AvgIpc) is 3.19. The first kappa shape index (κ1) is 18.1. The largest absolute Gasteiger partial charge is 0.337 e. The number of hydrazine groups is 1. The molecule has 3 saturated heterocycles. The number of rotatable bonds is 4. The molecular weight excluding hydrogens is 416 g/mol. The molecule has 3 amide bonds. The maximum atomic E-state index is 13.1. The van der Waals surface area contributed by atoms with Gasteiger partial charge in [0.2, 0.25) is 5.91 Å². The third kappa shape index (κ3) is 3.12. The lowest BCUT2D eigenvalue weighted by Crippen LogP contribution is -2.66. The summed E-state index contributed by atoms with van der Waals surface area (Å²) in [5.41, 5.74) is 4.35. The second-order valence-corrected chi connectivity index (χ2v) is 9.60. The Hall–Kier alpha value is -1.25. The minimum absolute atomic E-state index is 0.00386. The van der Waals surface area contributed by atoms with Crippen LogP contribution in [0, 0.1) is 5.92 Å². The van der Waals surface area contributed by atoms with Crippen molar-refractivity contribution < 1.29 is 9.59 Å². The molecule has 3 aliphatic rings. The molecule has 3 heterocycles. The van der Waals surface area contributed by atoms with Gasteiger partial charge in [-0.25, -0.2) is 4.79 Å². The minimum Gasteiger partial charge on any atom is -0.307 e. The predicted molar refractivity (Wildman–Crippen MR) is 105 cm³/mol. The van der Waals surface area contributed by atoms with E-state index in [1.807, 2.05) is 34.1 Å². The van der Waals surface area contributed by atoms with Gasteiger partial charge in [0.05, 0.1) is 12.6 Å². The van der Waals surface area contributed by atoms with E-state index in [0.717, 1.165) is 22.2 Å². The number of benzene rings is 1. The van der Waals surface area contributed by atoms with Crippen molar-refractivity contribution in [1.82, 2.24) is 20.2 Å². The van der Waals surface area contributed by atoms with Crippen molar-refractivity contribution in [3.63, 3.8) is 0 Å². The van der Waals surface area contributed by atoms with Gasteiger partial charge in [0.25, 0.3) is 0 Å². The molecule has 3 fully saturated rings. The summed E-state index contributed by atoms with van der Waals surface area (Å²) in [5, 5.41) is 1.53. The molecule has 0 aliphatic carbocycles. The lowest BCUT2D eigenvalue weighted by molar-refractivity contribution is -0.145. The molecule has 3 unspecified atom stereocenters. The van der Waals surface area contributed by atoms with E-state index >= 15 is 0 Å². The van der Waals surface area contributed by atoms with Crippen LogP contribution in [0.3, 0.4) is 0 Å². The second-order valence-electron chi connectivity index (χ2n) is 7.44. The molecule has 0 bridgehead atoms. The highest BCUT2D eigenvalue weighted by Crippen LogP contribution is 2.39. The lowest BCUT2D eigenvalue weighted by atomic mass is 10.0. The minimum atomic E-state index is -0.368. The number of amides is 3. The summed E-state index contributed by atoms with van der Waals surface area (Å²) in [6.45, 7) is 5.33. The van der Waals surface area contributed by atoms with Crippen molar-refractivity contribution >= 4 is 39.6 Å². The number of hydrogen-bond acceptors (Lipinski definition) is 4. The van der Waals surface area contributed by atoms with Gasteiger partial charge in [-0.05, 0) is 35.8 Å². The topological polar surface area (TPSA) is 55.9 Å². The molecule has 3 atom stereocenters. The maximum absolute atomic E-state index is 13.1. The van der Waals surface area contributed by atoms with E-state index in [1.54, 1.807) is 16.8 Å². The summed E-state index contributed by atoms with van der Waals surface area (Å²) in [6.07, 6.45) is 0.514. The van der Waals surface area contributed by atoms with Crippen LogP contribution in [-0.2, 0) is 11.3 Å². The molecule has 1 aromatic rings. The zero-order valence-electron chi connectivity index (χ0n) is 14.9. The summed E-state index contributed by atoms with van der Waals surface area (Å²) in [5.74, 6) is 1.44. The van der Waals surface area contributed by atoms with E-state index in [1.165, 1.54) is 0 Å². The molecule has 1 N–H and O–H groups in total. The first-order chi connectivity index (χ1) is 12.5. The Morgan fingerprint density at radius 2 is 2.00 bits per heavy atom. The number of carbonyl (C=O) groups excluding carboxylic acids is 2. The average molecular weight is 439 g/mol. The smallest absolute Gasteiger partial charge is 0.307 e. The number of halogens is 1. The highest BCUT2D eigenvalue weighted by Gasteiger charge is 2.55. The first-order valence-corrected chi connectivity index (χ1v) is 10.8. The quantitative estimate of drug-likeness (QED) is 0.784. The van der Waals surface area contributed by atoms with Crippen molar-refractivity contribution in [2.45, 2.75) is 44.4 Å². The summed E-state index contributed by atoms with van der Waals surface area (Å²) in [7, 11) is 0. The van der Waals surface area contributed by atoms with Crippen LogP contribution in [0.4, 0.5) is 4.79 Å². The number of urea groups is 1. The lowest BCUT2D eigenvalue weighted by Gasteiger charge is -2.44. The first-order valence-electron chi connectivity index (χ1n) is 8.98. The predicted octanol–water partition coefficient (Wildman–Crippen LogP) is 2.85. The molecule has 6 nitrogen and oxygen atoms in total. The van der Waals surface area contributed by atoms with Gasteiger partial charge in [0.1, 0.15) is 5.25 Å². The third-order valence-corrected chi connectivity index (χ3v) is 6.92. The van der Waals surface area contributed by atoms with Crippen molar-refractivity contribution in [3.8, 4) is 0 Å². The summed E-state index contributed by atoms with van der Waals surface area (Å²) in [6, 6.07) is 7.92. The second kappa shape index (κ2) is 7.05. The SMILES string of the molecule is CC(C)CN1C(=O)C2SCCC2N2C(=O)N(Cc3ccc(Br)cc3)NC12. The van der Waals surface area contributed by atoms with Crippen LogP contribution >= 0.6 is 27.7 Å². The fourth-order valence-electron chi connectivity index (χ4n) is 3.90. The van der Waals surface area contributed by atoms with Gasteiger partial charge in [-0.3, -0.25) is 14.7 Å². The Labute approximate surface area is 166 Å². The van der Waals surface area contributed by atoms with Gasteiger partial charge < -0.3 is 4.90 Å². The number of hydrogen-bond donors (Lipinski definition) is 1. The molecule has 0 aromatic heterocycles. The molecule has 4 rings (SSSR count). The number of thioether (sulfide) groups is 1. The number of carbonyl (C=O) groups is 2. The number of nitrogens with zero attached hydrogens (tertiary/aromatic N) is 3. The van der Waals surface area contributed by atoms with Gasteiger partial charge in [-0.2, -0.15) is 5.43 Å². The van der Waals surface area contributed by atoms with Crippen LogP contribution < -0.4 is 5.43 Å². The Morgan fingerprint density at radius 3 is 2.69 bits per heavy atom. The molecule has 8 heteroatoms. The molecule has 0 saturated carbocycles. The van der Waals surface area contributed by atoms with Crippen molar-refractivity contribution in [3.05, 3.63) is 34.3 Å². The number of nitrogens with one attached hydrogen (secondary N) is 1. The standard InChI is InChI=1S/C18H23BrN4O2S/c1-11(2)9-21-16(24)15-14(7-8-26-15)23-17(21)20-22(18(23)25)10-12-3-5-13(19)6-4-12/h3-6,11,14-15,17,20H,7-10H2,1-2H3. The van der Waals surface area contributed by atoms with Crippen molar-refractivity contribution in [1.29, 1.82) is 0 Å². The summed E-state index contributed by atoms with van der Waals surface area (Å²) < 4.78 is 1.01. The van der Waals surface area contributed by atoms with Crippen LogP contribution in [0.1, 0.15) is 25.8 Å². The van der Waals surface area contributed by atoms with Crippen molar-refractivity contribution in [2.24, 2.45) is 5.92 Å². The Morgan fingerprint density at radius 1 is 1.27 bits per heavy atom. The Balaban J connectivity index is 1.59. The van der Waals surface area contributed by atoms with E-state index in [0.29, 0.717) is 19.0 Å². The molecule has 26 heavy (non-hydrogen) atoms. The van der Waals surface area contributed by atoms with Crippen LogP contribution in [-0.4, -0.2) is 56.6 Å². The highest BCUT2D eigenvalue weighted by molar-refractivity contribution is 9.10. The highest BCUT2D eigenvalue weighted by atomic mass is 79.9. The van der Waals surface area contributed by atoms with E-state index in [-0.39, 0.29) is 29.5 Å². The molecular formula is C18H23BrN4O2S. The maximum Gasteiger partial charge on any atom is 0.337 e. The molecule has 0 radical (unpaired) electrons. The van der Waals surface area contributed by atoms with Crippen LogP contribution in [0.5, 0.6) is 0 Å². The van der Waals surface area contributed by atoms with E-state index in [4.69, 9.17) is 0 Å². The van der Waals surface area contributed by atoms with Gasteiger partial charge in [0, 0.05) is 11.0 Å². The summed E-state index contributed by atoms with van der Waals surface area (Å²) in [4.78, 5) is 29.9. The van der Waals surface area contributed by atoms with Crippen molar-refractivity contribution in [2.75, 3.05) is 12.3 Å². The zero-order valence-corrected chi connectivity index (χ0v) is 17.3. The van der Waals surface area contributed by atoms with Crippen LogP contribution in [0.2, 0.25) is 0 Å². The van der Waals surface area contributed by atoms with E-state index < -0.39 is 0 Å². The monoisotopic (exact) mass is 438 g/mol. The Kier molecular flexibility index (Phi) is 4.92. The Bertz CT molecular complexity index is 714. The molecule has 3 aliphatic heterocycles. The van der Waals surface area contributed by atoms with Gasteiger partial charge in [-0.15, -0.1) is 11.8 Å². The molecule has 1 aromatic carbocycles. The summed E-state index contributed by atoms with van der Waals surface area (Å²) >= 11 is 5.12. The van der Waals surface area contributed by atoms with E-state index in [2.05, 4.69) is 35.2 Å². The van der Waals surface area contributed by atoms with Gasteiger partial charge in [-0.1, -0.05) is 41.9 Å². The van der Waals surface area contributed by atoms with Gasteiger partial charge in [0.15, 0.2) is 6.29 Å². The van der Waals surface area contributed by atoms with Crippen LogP contribution in [0.15, 0.2) is 28.7 Å². The third-order valence-electron chi connectivity index (χ3n) is 5.04. The molecule has 0 spiro atoms. The normalized spacial score (nSPS) is 28.2. The van der Waals surface area contributed by atoms with E-state index in [9.17, 15) is 9.59 Å². The number of fused-ring (bicyclic) bond motifs is 3.